The number of alkyl halides is 3. The molecule has 26 heavy (non-hydrogen) atoms. The van der Waals surface area contributed by atoms with Gasteiger partial charge in [0.05, 0.1) is 17.2 Å². The number of allylic oxidation sites excluding steroid dienone is 1. The predicted molar refractivity (Wildman–Crippen MR) is 102 cm³/mol. The van der Waals surface area contributed by atoms with Crippen LogP contribution in [-0.2, 0) is 6.18 Å². The lowest BCUT2D eigenvalue weighted by Gasteiger charge is -2.07. The van der Waals surface area contributed by atoms with Crippen molar-refractivity contribution in [2.75, 3.05) is 0 Å². The normalized spacial score (nSPS) is 12.0. The van der Waals surface area contributed by atoms with E-state index < -0.39 is 11.7 Å². The van der Waals surface area contributed by atoms with E-state index in [1.54, 1.807) is 24.3 Å². The van der Waals surface area contributed by atoms with E-state index in [1.165, 1.54) is 6.07 Å². The molecule has 2 aromatic carbocycles. The van der Waals surface area contributed by atoms with E-state index >= 15 is 0 Å². The highest BCUT2D eigenvalue weighted by atomic mass is 127. The molecule has 0 saturated carbocycles. The monoisotopic (exact) mass is 465 g/mol. The van der Waals surface area contributed by atoms with Crippen LogP contribution in [0.4, 0.5) is 13.2 Å². The van der Waals surface area contributed by atoms with Crippen molar-refractivity contribution in [3.63, 3.8) is 0 Å². The molecule has 0 aliphatic rings. The first-order valence-corrected chi connectivity index (χ1v) is 8.60. The number of rotatable bonds is 3. The molecule has 0 radical (unpaired) electrons. The SMILES string of the molecule is N#C/C(=C/c1ccc(-c2cccc(C(F)(F)F)c2)o1)c1ccc(I)cc1. The lowest BCUT2D eigenvalue weighted by Crippen LogP contribution is -2.04. The fourth-order valence-corrected chi connectivity index (χ4v) is 2.75. The second-order valence-electron chi connectivity index (χ2n) is 5.46. The fraction of sp³-hybridized carbons (Fsp3) is 0.0500. The topological polar surface area (TPSA) is 36.9 Å². The molecule has 3 aromatic rings. The van der Waals surface area contributed by atoms with E-state index in [1.807, 2.05) is 24.3 Å². The van der Waals surface area contributed by atoms with Crippen LogP contribution < -0.4 is 0 Å². The Kier molecular flexibility index (Phi) is 5.18. The molecule has 0 aliphatic carbocycles. The first-order chi connectivity index (χ1) is 12.4. The minimum Gasteiger partial charge on any atom is -0.457 e. The number of nitriles is 1. The Bertz CT molecular complexity index is 995. The van der Waals surface area contributed by atoms with Crippen molar-refractivity contribution in [1.29, 1.82) is 5.26 Å². The van der Waals surface area contributed by atoms with E-state index in [9.17, 15) is 18.4 Å². The van der Waals surface area contributed by atoms with Crippen LogP contribution >= 0.6 is 22.6 Å². The standard InChI is InChI=1S/C20H11F3INO/c21-20(22,23)16-3-1-2-14(10-16)19-9-8-18(26-19)11-15(12-25)13-4-6-17(24)7-5-13/h1-11H/b15-11-. The molecule has 130 valence electrons. The van der Waals surface area contributed by atoms with Crippen molar-refractivity contribution < 1.29 is 17.6 Å². The lowest BCUT2D eigenvalue weighted by molar-refractivity contribution is -0.137. The molecular weight excluding hydrogens is 454 g/mol. The zero-order chi connectivity index (χ0) is 18.7. The molecule has 0 spiro atoms. The minimum absolute atomic E-state index is 0.308. The van der Waals surface area contributed by atoms with Gasteiger partial charge in [0.2, 0.25) is 0 Å². The van der Waals surface area contributed by atoms with E-state index in [2.05, 4.69) is 28.7 Å². The summed E-state index contributed by atoms with van der Waals surface area (Å²) in [7, 11) is 0. The number of nitrogens with zero attached hydrogens (tertiary/aromatic N) is 1. The molecule has 3 rings (SSSR count). The Morgan fingerprint density at radius 1 is 1.04 bits per heavy atom. The second-order valence-corrected chi connectivity index (χ2v) is 6.70. The third-order valence-electron chi connectivity index (χ3n) is 3.66. The molecule has 0 atom stereocenters. The van der Waals surface area contributed by atoms with Crippen molar-refractivity contribution in [3.8, 4) is 17.4 Å². The molecule has 2 nitrogen and oxygen atoms in total. The molecule has 0 unspecified atom stereocenters. The molecule has 6 heteroatoms. The first-order valence-electron chi connectivity index (χ1n) is 7.52. The number of furan rings is 1. The third kappa shape index (κ3) is 4.17. The van der Waals surface area contributed by atoms with Gasteiger partial charge in [0.15, 0.2) is 0 Å². The quantitative estimate of drug-likeness (QED) is 0.322. The number of hydrogen-bond acceptors (Lipinski definition) is 2. The molecule has 0 N–H and O–H groups in total. The Hall–Kier alpha value is -2.53. The van der Waals surface area contributed by atoms with E-state index in [4.69, 9.17) is 4.42 Å². The fourth-order valence-electron chi connectivity index (χ4n) is 2.39. The highest BCUT2D eigenvalue weighted by molar-refractivity contribution is 14.1. The summed E-state index contributed by atoms with van der Waals surface area (Å²) >= 11 is 2.17. The number of hydrogen-bond donors (Lipinski definition) is 0. The van der Waals surface area contributed by atoms with Crippen molar-refractivity contribution in [1.82, 2.24) is 0 Å². The van der Waals surface area contributed by atoms with E-state index in [0.717, 1.165) is 21.3 Å². The van der Waals surface area contributed by atoms with Gasteiger partial charge in [-0.05, 0) is 70.6 Å². The minimum atomic E-state index is -4.41. The summed E-state index contributed by atoms with van der Waals surface area (Å²) in [6.45, 7) is 0. The molecule has 0 bridgehead atoms. The van der Waals surface area contributed by atoms with Crippen molar-refractivity contribution in [2.24, 2.45) is 0 Å². The predicted octanol–water partition coefficient (Wildman–Crippen LogP) is 6.63. The van der Waals surface area contributed by atoms with Crippen LogP contribution in [0.25, 0.3) is 23.0 Å². The zero-order valence-corrected chi connectivity index (χ0v) is 15.4. The van der Waals surface area contributed by atoms with Crippen LogP contribution in [0.5, 0.6) is 0 Å². The van der Waals surface area contributed by atoms with E-state index in [0.29, 0.717) is 22.7 Å². The van der Waals surface area contributed by atoms with Crippen LogP contribution in [0.2, 0.25) is 0 Å². The van der Waals surface area contributed by atoms with Crippen LogP contribution in [0, 0.1) is 14.9 Å². The maximum Gasteiger partial charge on any atom is 0.416 e. The average molecular weight is 465 g/mol. The van der Waals surface area contributed by atoms with Gasteiger partial charge in [0, 0.05) is 9.13 Å². The molecule has 1 heterocycles. The molecular formula is C20H11F3INO. The summed E-state index contributed by atoms with van der Waals surface area (Å²) in [5.41, 5.74) is 0.739. The Balaban J connectivity index is 1.92. The van der Waals surface area contributed by atoms with E-state index in [-0.39, 0.29) is 0 Å². The van der Waals surface area contributed by atoms with Gasteiger partial charge in [-0.15, -0.1) is 0 Å². The van der Waals surface area contributed by atoms with Gasteiger partial charge in [0.1, 0.15) is 11.5 Å². The Labute approximate surface area is 161 Å². The van der Waals surface area contributed by atoms with Gasteiger partial charge in [0.25, 0.3) is 0 Å². The molecule has 1 aromatic heterocycles. The van der Waals surface area contributed by atoms with Gasteiger partial charge < -0.3 is 4.42 Å². The average Bonchev–Trinajstić information content (AvgIpc) is 3.09. The highest BCUT2D eigenvalue weighted by Crippen LogP contribution is 2.33. The summed E-state index contributed by atoms with van der Waals surface area (Å²) in [5, 5.41) is 9.37. The second kappa shape index (κ2) is 7.38. The maximum atomic E-state index is 12.8. The largest absolute Gasteiger partial charge is 0.457 e. The Morgan fingerprint density at radius 2 is 1.77 bits per heavy atom. The van der Waals surface area contributed by atoms with Crippen molar-refractivity contribution in [3.05, 3.63) is 81.1 Å². The van der Waals surface area contributed by atoms with Gasteiger partial charge in [-0.1, -0.05) is 24.3 Å². The van der Waals surface area contributed by atoms with Crippen LogP contribution in [0.3, 0.4) is 0 Å². The molecule has 0 amide bonds. The summed E-state index contributed by atoms with van der Waals surface area (Å²) in [6, 6.07) is 17.7. The van der Waals surface area contributed by atoms with Gasteiger partial charge in [-0.2, -0.15) is 18.4 Å². The Morgan fingerprint density at radius 3 is 2.42 bits per heavy atom. The number of benzene rings is 2. The third-order valence-corrected chi connectivity index (χ3v) is 4.38. The summed E-state index contributed by atoms with van der Waals surface area (Å²) < 4.78 is 45.2. The first kappa shape index (κ1) is 18.3. The highest BCUT2D eigenvalue weighted by Gasteiger charge is 2.30. The zero-order valence-electron chi connectivity index (χ0n) is 13.2. The molecule has 0 saturated heterocycles. The number of halogens is 4. The van der Waals surface area contributed by atoms with Crippen LogP contribution in [-0.4, -0.2) is 0 Å². The van der Waals surface area contributed by atoms with Crippen molar-refractivity contribution >= 4 is 34.2 Å². The summed E-state index contributed by atoms with van der Waals surface area (Å²) in [5.74, 6) is 0.703. The van der Waals surface area contributed by atoms with Crippen molar-refractivity contribution in [2.45, 2.75) is 6.18 Å². The summed E-state index contributed by atoms with van der Waals surface area (Å²) in [4.78, 5) is 0. The smallest absolute Gasteiger partial charge is 0.416 e. The van der Waals surface area contributed by atoms with Gasteiger partial charge in [-0.25, -0.2) is 0 Å². The van der Waals surface area contributed by atoms with Crippen LogP contribution in [0.15, 0.2) is 65.1 Å². The maximum absolute atomic E-state index is 12.8. The lowest BCUT2D eigenvalue weighted by atomic mass is 10.1. The van der Waals surface area contributed by atoms with Crippen LogP contribution in [0.1, 0.15) is 16.9 Å². The molecule has 0 fully saturated rings. The molecule has 0 aliphatic heterocycles. The van der Waals surface area contributed by atoms with Gasteiger partial charge >= 0.3 is 6.18 Å². The summed E-state index contributed by atoms with van der Waals surface area (Å²) in [6.07, 6.45) is -2.84. The van der Waals surface area contributed by atoms with Gasteiger partial charge in [-0.3, -0.25) is 0 Å².